The van der Waals surface area contributed by atoms with Gasteiger partial charge in [0.25, 0.3) is 0 Å². The maximum absolute atomic E-state index is 11.6. The first kappa shape index (κ1) is 25.5. The molecule has 1 N–H and O–H groups in total. The van der Waals surface area contributed by atoms with Crippen molar-refractivity contribution in [1.82, 2.24) is 5.32 Å². The molecule has 0 aromatic rings. The molecule has 0 fully saturated rings. The van der Waals surface area contributed by atoms with Crippen LogP contribution in [0.15, 0.2) is 0 Å². The molecule has 0 aliphatic carbocycles. The van der Waals surface area contributed by atoms with Crippen LogP contribution >= 0.6 is 0 Å². The van der Waals surface area contributed by atoms with Gasteiger partial charge in [-0.3, -0.25) is 4.79 Å². The van der Waals surface area contributed by atoms with E-state index in [-0.39, 0.29) is 5.91 Å². The fourth-order valence-electron chi connectivity index (χ4n) is 3.42. The third-order valence-electron chi connectivity index (χ3n) is 5.21. The van der Waals surface area contributed by atoms with E-state index >= 15 is 0 Å². The highest BCUT2D eigenvalue weighted by molar-refractivity contribution is 5.75. The maximum Gasteiger partial charge on any atom is 0.220 e. The van der Waals surface area contributed by atoms with Crippen molar-refractivity contribution in [3.8, 4) is 0 Å². The van der Waals surface area contributed by atoms with E-state index in [1.165, 1.54) is 103 Å². The Balaban J connectivity index is 3.08. The number of amides is 1. The van der Waals surface area contributed by atoms with Crippen molar-refractivity contribution >= 4 is 5.91 Å². The predicted octanol–water partition coefficient (Wildman–Crippen LogP) is 7.80. The third-order valence-corrected chi connectivity index (χ3v) is 5.21. The van der Waals surface area contributed by atoms with Crippen molar-refractivity contribution in [2.45, 2.75) is 136 Å². The number of carbonyl (C=O) groups is 1. The summed E-state index contributed by atoms with van der Waals surface area (Å²) >= 11 is 0. The monoisotopic (exact) mass is 367 g/mol. The predicted molar refractivity (Wildman–Crippen MR) is 117 cm³/mol. The minimum atomic E-state index is 0.236. The van der Waals surface area contributed by atoms with Gasteiger partial charge < -0.3 is 5.32 Å². The molecule has 2 heteroatoms. The molecule has 0 aromatic carbocycles. The Morgan fingerprint density at radius 2 is 0.962 bits per heavy atom. The molecular weight excluding hydrogens is 318 g/mol. The van der Waals surface area contributed by atoms with Crippen molar-refractivity contribution in [2.24, 2.45) is 5.92 Å². The quantitative estimate of drug-likeness (QED) is 0.218. The number of rotatable bonds is 20. The molecule has 0 aromatic heterocycles. The van der Waals surface area contributed by atoms with Gasteiger partial charge in [-0.05, 0) is 12.3 Å². The summed E-state index contributed by atoms with van der Waals surface area (Å²) in [5.41, 5.74) is 0. The molecule has 0 rings (SSSR count). The Labute approximate surface area is 165 Å². The molecule has 0 bridgehead atoms. The molecule has 0 heterocycles. The summed E-state index contributed by atoms with van der Waals surface area (Å²) in [5, 5.41) is 3.00. The van der Waals surface area contributed by atoms with Crippen molar-refractivity contribution in [3.05, 3.63) is 0 Å². The lowest BCUT2D eigenvalue weighted by Crippen LogP contribution is -2.26. The average molecular weight is 368 g/mol. The maximum atomic E-state index is 11.6. The van der Waals surface area contributed by atoms with E-state index in [1.54, 1.807) is 0 Å². The lowest BCUT2D eigenvalue weighted by molar-refractivity contribution is -0.121. The Morgan fingerprint density at radius 3 is 1.31 bits per heavy atom. The van der Waals surface area contributed by atoms with Gasteiger partial charge in [0.05, 0.1) is 0 Å². The minimum absolute atomic E-state index is 0.236. The molecule has 0 aliphatic heterocycles. The van der Waals surface area contributed by atoms with E-state index in [9.17, 15) is 4.79 Å². The molecule has 0 spiro atoms. The summed E-state index contributed by atoms with van der Waals surface area (Å²) in [4.78, 5) is 11.6. The van der Waals surface area contributed by atoms with Crippen LogP contribution in [0.2, 0.25) is 0 Å². The SMILES string of the molecule is CCCCCCCCCCCCCCCCCCCC(=O)NCC(C)C. The van der Waals surface area contributed by atoms with E-state index in [4.69, 9.17) is 0 Å². The van der Waals surface area contributed by atoms with Crippen LogP contribution in [0.1, 0.15) is 136 Å². The number of hydrogen-bond acceptors (Lipinski definition) is 1. The van der Waals surface area contributed by atoms with Crippen LogP contribution in [0.5, 0.6) is 0 Å². The molecule has 0 radical (unpaired) electrons. The first-order valence-electron chi connectivity index (χ1n) is 11.9. The van der Waals surface area contributed by atoms with Crippen LogP contribution < -0.4 is 5.32 Å². The van der Waals surface area contributed by atoms with Crippen LogP contribution in [0.25, 0.3) is 0 Å². The lowest BCUT2D eigenvalue weighted by atomic mass is 10.0. The summed E-state index contributed by atoms with van der Waals surface area (Å²) < 4.78 is 0. The molecule has 156 valence electrons. The van der Waals surface area contributed by atoms with Crippen molar-refractivity contribution < 1.29 is 4.79 Å². The molecule has 0 atom stereocenters. The van der Waals surface area contributed by atoms with Gasteiger partial charge in [-0.1, -0.05) is 124 Å². The van der Waals surface area contributed by atoms with E-state index < -0.39 is 0 Å². The normalized spacial score (nSPS) is 11.2. The first-order valence-corrected chi connectivity index (χ1v) is 11.9. The lowest BCUT2D eigenvalue weighted by Gasteiger charge is -2.07. The molecule has 0 saturated heterocycles. The van der Waals surface area contributed by atoms with E-state index in [0.29, 0.717) is 12.3 Å². The average Bonchev–Trinajstić information content (AvgIpc) is 2.62. The first-order chi connectivity index (χ1) is 12.7. The zero-order valence-electron chi connectivity index (χ0n) is 18.4. The summed E-state index contributed by atoms with van der Waals surface area (Å²) in [6, 6.07) is 0. The number of carbonyl (C=O) groups excluding carboxylic acids is 1. The highest BCUT2D eigenvalue weighted by Gasteiger charge is 2.01. The zero-order valence-corrected chi connectivity index (χ0v) is 18.4. The molecule has 0 unspecified atom stereocenters. The molecule has 26 heavy (non-hydrogen) atoms. The van der Waals surface area contributed by atoms with Gasteiger partial charge in [0, 0.05) is 13.0 Å². The Kier molecular flexibility index (Phi) is 20.4. The van der Waals surface area contributed by atoms with E-state index in [1.807, 2.05) is 0 Å². The van der Waals surface area contributed by atoms with Crippen LogP contribution in [-0.4, -0.2) is 12.5 Å². The van der Waals surface area contributed by atoms with Gasteiger partial charge in [-0.25, -0.2) is 0 Å². The second-order valence-electron chi connectivity index (χ2n) is 8.60. The fourth-order valence-corrected chi connectivity index (χ4v) is 3.42. The highest BCUT2D eigenvalue weighted by atomic mass is 16.1. The van der Waals surface area contributed by atoms with Gasteiger partial charge in [0.15, 0.2) is 0 Å². The van der Waals surface area contributed by atoms with Crippen LogP contribution in [-0.2, 0) is 4.79 Å². The van der Waals surface area contributed by atoms with Crippen molar-refractivity contribution in [1.29, 1.82) is 0 Å². The Bertz CT molecular complexity index is 288. The Morgan fingerprint density at radius 1 is 0.615 bits per heavy atom. The topological polar surface area (TPSA) is 29.1 Å². The van der Waals surface area contributed by atoms with E-state index in [0.717, 1.165) is 13.0 Å². The van der Waals surface area contributed by atoms with Crippen molar-refractivity contribution in [2.75, 3.05) is 6.54 Å². The third kappa shape index (κ3) is 21.5. The van der Waals surface area contributed by atoms with E-state index in [2.05, 4.69) is 26.1 Å². The molecular formula is C24H49NO. The summed E-state index contributed by atoms with van der Waals surface area (Å²) in [6.07, 6.45) is 24.2. The van der Waals surface area contributed by atoms with Gasteiger partial charge >= 0.3 is 0 Å². The smallest absolute Gasteiger partial charge is 0.220 e. The molecule has 1 amide bonds. The van der Waals surface area contributed by atoms with Gasteiger partial charge in [0.2, 0.25) is 5.91 Å². The van der Waals surface area contributed by atoms with Gasteiger partial charge in [-0.2, -0.15) is 0 Å². The highest BCUT2D eigenvalue weighted by Crippen LogP contribution is 2.14. The second kappa shape index (κ2) is 20.8. The summed E-state index contributed by atoms with van der Waals surface area (Å²) in [6.45, 7) is 7.37. The largest absolute Gasteiger partial charge is 0.356 e. The molecule has 2 nitrogen and oxygen atoms in total. The number of hydrogen-bond donors (Lipinski definition) is 1. The van der Waals surface area contributed by atoms with Gasteiger partial charge in [0.1, 0.15) is 0 Å². The second-order valence-corrected chi connectivity index (χ2v) is 8.60. The van der Waals surface area contributed by atoms with Crippen molar-refractivity contribution in [3.63, 3.8) is 0 Å². The standard InChI is InChI=1S/C24H49NO/c1-4-5-6-7-8-9-10-11-12-13-14-15-16-17-18-19-20-21-24(26)25-22-23(2)3/h23H,4-22H2,1-3H3,(H,25,26). The van der Waals surface area contributed by atoms with Crippen LogP contribution in [0.4, 0.5) is 0 Å². The number of unbranched alkanes of at least 4 members (excludes halogenated alkanes) is 16. The van der Waals surface area contributed by atoms with Crippen LogP contribution in [0.3, 0.4) is 0 Å². The number of nitrogens with one attached hydrogen (secondary N) is 1. The molecule has 0 aliphatic rings. The molecule has 0 saturated carbocycles. The Hall–Kier alpha value is -0.530. The fraction of sp³-hybridized carbons (Fsp3) is 0.958. The zero-order chi connectivity index (χ0) is 19.3. The summed E-state index contributed by atoms with van der Waals surface area (Å²) in [5.74, 6) is 0.786. The van der Waals surface area contributed by atoms with Crippen LogP contribution in [0, 0.1) is 5.92 Å². The summed E-state index contributed by atoms with van der Waals surface area (Å²) in [7, 11) is 0. The minimum Gasteiger partial charge on any atom is -0.356 e. The van der Waals surface area contributed by atoms with Gasteiger partial charge in [-0.15, -0.1) is 0 Å².